The summed E-state index contributed by atoms with van der Waals surface area (Å²) in [6.45, 7) is 6.03. The summed E-state index contributed by atoms with van der Waals surface area (Å²) in [5.74, 6) is 1.17. The number of ether oxygens (including phenoxy) is 1. The molecule has 0 aliphatic carbocycles. The molecular formula is C15H20O2. The fourth-order valence-electron chi connectivity index (χ4n) is 1.63. The van der Waals surface area contributed by atoms with Gasteiger partial charge in [0.2, 0.25) is 0 Å². The van der Waals surface area contributed by atoms with Crippen LogP contribution in [0.1, 0.15) is 31.7 Å². The van der Waals surface area contributed by atoms with Crippen LogP contribution in [0.4, 0.5) is 0 Å². The van der Waals surface area contributed by atoms with Crippen LogP contribution in [0.2, 0.25) is 0 Å². The summed E-state index contributed by atoms with van der Waals surface area (Å²) in [5, 5.41) is 0. The molecule has 0 aliphatic heterocycles. The molecule has 0 bridgehead atoms. The molecule has 0 heterocycles. The van der Waals surface area contributed by atoms with Crippen molar-refractivity contribution in [3.8, 4) is 5.75 Å². The fraction of sp³-hybridized carbons (Fsp3) is 0.400. The maximum atomic E-state index is 10.8. The van der Waals surface area contributed by atoms with Gasteiger partial charge in [0.05, 0.1) is 6.61 Å². The minimum absolute atomic E-state index is 0.247. The second-order valence-corrected chi connectivity index (χ2v) is 4.11. The fourth-order valence-corrected chi connectivity index (χ4v) is 1.63. The first-order valence-corrected chi connectivity index (χ1v) is 6.05. The number of rotatable bonds is 8. The summed E-state index contributed by atoms with van der Waals surface area (Å²) in [6, 6.07) is 8.00. The van der Waals surface area contributed by atoms with Gasteiger partial charge in [-0.2, -0.15) is 0 Å². The molecule has 0 aliphatic rings. The highest BCUT2D eigenvalue weighted by Crippen LogP contribution is 2.19. The van der Waals surface area contributed by atoms with Gasteiger partial charge >= 0.3 is 0 Å². The number of para-hydroxylation sites is 1. The Morgan fingerprint density at radius 3 is 2.82 bits per heavy atom. The van der Waals surface area contributed by atoms with Crippen LogP contribution in [-0.4, -0.2) is 12.4 Å². The lowest BCUT2D eigenvalue weighted by atomic mass is 10.1. The van der Waals surface area contributed by atoms with E-state index in [1.807, 2.05) is 30.3 Å². The zero-order chi connectivity index (χ0) is 12.5. The molecule has 0 saturated heterocycles. The Bertz CT molecular complexity index is 369. The zero-order valence-electron chi connectivity index (χ0n) is 10.4. The molecule has 0 amide bonds. The largest absolute Gasteiger partial charge is 0.493 e. The Kier molecular flexibility index (Phi) is 6.08. The van der Waals surface area contributed by atoms with Crippen molar-refractivity contribution in [2.75, 3.05) is 6.61 Å². The lowest BCUT2D eigenvalue weighted by molar-refractivity contribution is -0.117. The molecule has 0 N–H and O–H groups in total. The number of benzene rings is 1. The molecule has 0 radical (unpaired) electrons. The number of hydrogen-bond acceptors (Lipinski definition) is 2. The Morgan fingerprint density at radius 2 is 2.12 bits per heavy atom. The van der Waals surface area contributed by atoms with Gasteiger partial charge in [-0.05, 0) is 37.8 Å². The summed E-state index contributed by atoms with van der Waals surface area (Å²) in [5.41, 5.74) is 1.16. The first-order chi connectivity index (χ1) is 8.24. The SMILES string of the molecule is C=CCc1ccccc1OCCCCC(C)=O. The van der Waals surface area contributed by atoms with Crippen LogP contribution >= 0.6 is 0 Å². The van der Waals surface area contributed by atoms with Crippen LogP contribution in [0.25, 0.3) is 0 Å². The van der Waals surface area contributed by atoms with Gasteiger partial charge in [0.25, 0.3) is 0 Å². The Hall–Kier alpha value is -1.57. The predicted molar refractivity (Wildman–Crippen MR) is 70.4 cm³/mol. The average Bonchev–Trinajstić information content (AvgIpc) is 2.31. The molecule has 1 aromatic rings. The smallest absolute Gasteiger partial charge is 0.129 e. The van der Waals surface area contributed by atoms with Crippen molar-refractivity contribution >= 4 is 5.78 Å². The van der Waals surface area contributed by atoms with Crippen molar-refractivity contribution in [2.45, 2.75) is 32.6 Å². The molecule has 1 aromatic carbocycles. The van der Waals surface area contributed by atoms with Gasteiger partial charge in [0.1, 0.15) is 11.5 Å². The standard InChI is InChI=1S/C15H20O2/c1-3-8-14-10-4-5-11-15(14)17-12-7-6-9-13(2)16/h3-5,10-11H,1,6-9,12H2,2H3. The highest BCUT2D eigenvalue weighted by Gasteiger charge is 2.01. The van der Waals surface area contributed by atoms with Crippen LogP contribution in [0, 0.1) is 0 Å². The number of carbonyl (C=O) groups is 1. The second-order valence-electron chi connectivity index (χ2n) is 4.11. The Balaban J connectivity index is 2.35. The highest BCUT2D eigenvalue weighted by atomic mass is 16.5. The molecule has 17 heavy (non-hydrogen) atoms. The van der Waals surface area contributed by atoms with Gasteiger partial charge in [0.15, 0.2) is 0 Å². The molecule has 0 spiro atoms. The Labute approximate surface area is 103 Å². The van der Waals surface area contributed by atoms with Gasteiger partial charge in [-0.3, -0.25) is 0 Å². The topological polar surface area (TPSA) is 26.3 Å². The highest BCUT2D eigenvalue weighted by molar-refractivity contribution is 5.75. The minimum atomic E-state index is 0.247. The quantitative estimate of drug-likeness (QED) is 0.506. The van der Waals surface area contributed by atoms with Crippen molar-refractivity contribution in [1.82, 2.24) is 0 Å². The molecule has 2 nitrogen and oxygen atoms in total. The van der Waals surface area contributed by atoms with Crippen LogP contribution in [0.3, 0.4) is 0 Å². The van der Waals surface area contributed by atoms with Crippen molar-refractivity contribution in [3.05, 3.63) is 42.5 Å². The van der Waals surface area contributed by atoms with Crippen molar-refractivity contribution in [3.63, 3.8) is 0 Å². The zero-order valence-corrected chi connectivity index (χ0v) is 10.4. The van der Waals surface area contributed by atoms with E-state index in [4.69, 9.17) is 4.74 Å². The van der Waals surface area contributed by atoms with E-state index < -0.39 is 0 Å². The van der Waals surface area contributed by atoms with Gasteiger partial charge in [-0.25, -0.2) is 0 Å². The number of ketones is 1. The monoisotopic (exact) mass is 232 g/mol. The molecule has 1 rings (SSSR count). The third kappa shape index (κ3) is 5.34. The summed E-state index contributed by atoms with van der Waals surface area (Å²) in [6.07, 6.45) is 5.17. The van der Waals surface area contributed by atoms with Gasteiger partial charge in [0, 0.05) is 6.42 Å². The maximum absolute atomic E-state index is 10.8. The average molecular weight is 232 g/mol. The third-order valence-electron chi connectivity index (χ3n) is 2.52. The molecule has 0 unspecified atom stereocenters. The molecule has 0 saturated carbocycles. The van der Waals surface area contributed by atoms with E-state index in [9.17, 15) is 4.79 Å². The van der Waals surface area contributed by atoms with E-state index >= 15 is 0 Å². The number of carbonyl (C=O) groups excluding carboxylic acids is 1. The van der Waals surface area contributed by atoms with Crippen LogP contribution in [0.15, 0.2) is 36.9 Å². The minimum Gasteiger partial charge on any atom is -0.493 e. The van der Waals surface area contributed by atoms with Crippen molar-refractivity contribution < 1.29 is 9.53 Å². The van der Waals surface area contributed by atoms with E-state index in [-0.39, 0.29) is 5.78 Å². The summed E-state index contributed by atoms with van der Waals surface area (Å²) in [4.78, 5) is 10.8. The van der Waals surface area contributed by atoms with E-state index in [0.717, 1.165) is 30.6 Å². The lowest BCUT2D eigenvalue weighted by Crippen LogP contribution is -2.01. The van der Waals surface area contributed by atoms with Crippen molar-refractivity contribution in [1.29, 1.82) is 0 Å². The van der Waals surface area contributed by atoms with Crippen molar-refractivity contribution in [2.24, 2.45) is 0 Å². The van der Waals surface area contributed by atoms with E-state index in [1.54, 1.807) is 6.92 Å². The predicted octanol–water partition coefficient (Wildman–Crippen LogP) is 3.55. The summed E-state index contributed by atoms with van der Waals surface area (Å²) in [7, 11) is 0. The molecule has 2 heteroatoms. The van der Waals surface area contributed by atoms with E-state index in [2.05, 4.69) is 6.58 Å². The molecular weight excluding hydrogens is 212 g/mol. The van der Waals surface area contributed by atoms with Crippen LogP contribution in [-0.2, 0) is 11.2 Å². The van der Waals surface area contributed by atoms with E-state index in [0.29, 0.717) is 13.0 Å². The number of unbranched alkanes of at least 4 members (excludes halogenated alkanes) is 1. The Morgan fingerprint density at radius 1 is 1.35 bits per heavy atom. The molecule has 0 aromatic heterocycles. The summed E-state index contributed by atoms with van der Waals surface area (Å²) < 4.78 is 5.71. The normalized spacial score (nSPS) is 9.94. The van der Waals surface area contributed by atoms with Crippen LogP contribution < -0.4 is 4.74 Å². The first kappa shape index (κ1) is 13.5. The third-order valence-corrected chi connectivity index (χ3v) is 2.52. The summed E-state index contributed by atoms with van der Waals surface area (Å²) >= 11 is 0. The lowest BCUT2D eigenvalue weighted by Gasteiger charge is -2.09. The maximum Gasteiger partial charge on any atom is 0.129 e. The van der Waals surface area contributed by atoms with Crippen LogP contribution in [0.5, 0.6) is 5.75 Å². The van der Waals surface area contributed by atoms with Gasteiger partial charge in [-0.1, -0.05) is 24.3 Å². The molecule has 92 valence electrons. The van der Waals surface area contributed by atoms with E-state index in [1.165, 1.54) is 0 Å². The van der Waals surface area contributed by atoms with Gasteiger partial charge < -0.3 is 9.53 Å². The number of hydrogen-bond donors (Lipinski definition) is 0. The molecule has 0 fully saturated rings. The van der Waals surface area contributed by atoms with Gasteiger partial charge in [-0.15, -0.1) is 6.58 Å². The molecule has 0 atom stereocenters. The second kappa shape index (κ2) is 7.66. The number of Topliss-reactive ketones (excluding diaryl/α,β-unsaturated/α-hetero) is 1. The first-order valence-electron chi connectivity index (χ1n) is 6.05. The number of allylic oxidation sites excluding steroid dienone is 1.